The number of hydrogen-bond acceptors (Lipinski definition) is 4. The lowest BCUT2D eigenvalue weighted by molar-refractivity contribution is 0.0617. The second-order valence-corrected chi connectivity index (χ2v) is 6.69. The number of nitrogens with one attached hydrogen (secondary N) is 2. The molecule has 1 heterocycles. The largest absolute Gasteiger partial charge is 0.382 e. The van der Waals surface area contributed by atoms with Gasteiger partial charge in [-0.2, -0.15) is 0 Å². The molecule has 1 aromatic rings. The quantitative estimate of drug-likeness (QED) is 0.638. The molecule has 1 saturated heterocycles. The van der Waals surface area contributed by atoms with E-state index in [0.29, 0.717) is 32.3 Å². The molecule has 0 aromatic heterocycles. The van der Waals surface area contributed by atoms with Crippen LogP contribution in [0.1, 0.15) is 25.3 Å². The van der Waals surface area contributed by atoms with E-state index in [-0.39, 0.29) is 6.03 Å². The van der Waals surface area contributed by atoms with Gasteiger partial charge in [-0.1, -0.05) is 19.1 Å². The van der Waals surface area contributed by atoms with Crippen LogP contribution in [0.2, 0.25) is 0 Å². The summed E-state index contributed by atoms with van der Waals surface area (Å²) in [6.45, 7) is 7.94. The van der Waals surface area contributed by atoms with Gasteiger partial charge >= 0.3 is 6.03 Å². The standard InChI is InChI=1S/C19H31N3O3/c1-16(14-22-8-3-4-9-22)13-20-19(23)21-18-7-5-6-17(12-18)15-25-11-10-24-2/h5-7,12,16H,3-4,8-11,13-15H2,1-2H3,(H2,20,21,23)/t16-/m1/s1. The van der Waals surface area contributed by atoms with Gasteiger partial charge in [0.2, 0.25) is 0 Å². The summed E-state index contributed by atoms with van der Waals surface area (Å²) in [5.74, 6) is 0.448. The molecule has 0 aliphatic carbocycles. The van der Waals surface area contributed by atoms with Gasteiger partial charge in [0.05, 0.1) is 19.8 Å². The number of likely N-dealkylation sites (tertiary alicyclic amines) is 1. The number of methoxy groups -OCH3 is 1. The maximum Gasteiger partial charge on any atom is 0.319 e. The van der Waals surface area contributed by atoms with Crippen molar-refractivity contribution < 1.29 is 14.3 Å². The van der Waals surface area contributed by atoms with Crippen LogP contribution in [0, 0.1) is 5.92 Å². The van der Waals surface area contributed by atoms with E-state index in [9.17, 15) is 4.79 Å². The number of carbonyl (C=O) groups is 1. The first kappa shape index (κ1) is 19.7. The molecule has 0 bridgehead atoms. The normalized spacial score (nSPS) is 15.9. The molecule has 0 saturated carbocycles. The lowest BCUT2D eigenvalue weighted by Crippen LogP contribution is -2.36. The Kier molecular flexibility index (Phi) is 8.72. The molecule has 1 atom stereocenters. The van der Waals surface area contributed by atoms with Crippen LogP contribution in [-0.2, 0) is 16.1 Å². The lowest BCUT2D eigenvalue weighted by atomic mass is 10.1. The van der Waals surface area contributed by atoms with Crippen molar-refractivity contribution in [2.45, 2.75) is 26.4 Å². The molecule has 1 aliphatic heterocycles. The SMILES string of the molecule is COCCOCc1cccc(NC(=O)NC[C@@H](C)CN2CCCC2)c1. The smallest absolute Gasteiger partial charge is 0.319 e. The molecule has 2 rings (SSSR count). The summed E-state index contributed by atoms with van der Waals surface area (Å²) >= 11 is 0. The van der Waals surface area contributed by atoms with Crippen LogP contribution in [0.4, 0.5) is 10.5 Å². The Balaban J connectivity index is 1.68. The molecule has 140 valence electrons. The monoisotopic (exact) mass is 349 g/mol. The Morgan fingerprint density at radius 2 is 2.08 bits per heavy atom. The van der Waals surface area contributed by atoms with Crippen molar-refractivity contribution in [3.8, 4) is 0 Å². The van der Waals surface area contributed by atoms with Gasteiger partial charge in [0.1, 0.15) is 0 Å². The molecule has 2 N–H and O–H groups in total. The topological polar surface area (TPSA) is 62.8 Å². The third-order valence-electron chi connectivity index (χ3n) is 4.27. The zero-order valence-corrected chi connectivity index (χ0v) is 15.4. The highest BCUT2D eigenvalue weighted by Gasteiger charge is 2.15. The molecule has 0 spiro atoms. The van der Waals surface area contributed by atoms with Gasteiger partial charge < -0.3 is 25.0 Å². The van der Waals surface area contributed by atoms with Gasteiger partial charge in [0.15, 0.2) is 0 Å². The fraction of sp³-hybridized carbons (Fsp3) is 0.632. The number of benzene rings is 1. The predicted octanol–water partition coefficient (Wildman–Crippen LogP) is 2.70. The second kappa shape index (κ2) is 11.1. The Labute approximate surface area is 150 Å². The van der Waals surface area contributed by atoms with E-state index in [1.54, 1.807) is 7.11 Å². The molecule has 25 heavy (non-hydrogen) atoms. The molecule has 1 aromatic carbocycles. The maximum absolute atomic E-state index is 12.1. The third kappa shape index (κ3) is 7.86. The van der Waals surface area contributed by atoms with Crippen molar-refractivity contribution in [2.24, 2.45) is 5.92 Å². The van der Waals surface area contributed by atoms with Gasteiger partial charge in [-0.15, -0.1) is 0 Å². The molecular weight excluding hydrogens is 318 g/mol. The molecule has 0 unspecified atom stereocenters. The number of carbonyl (C=O) groups excluding carboxylic acids is 1. The van der Waals surface area contributed by atoms with Crippen LogP contribution < -0.4 is 10.6 Å². The molecule has 0 radical (unpaired) electrons. The molecule has 6 nitrogen and oxygen atoms in total. The van der Waals surface area contributed by atoms with Crippen molar-refractivity contribution in [3.63, 3.8) is 0 Å². The van der Waals surface area contributed by atoms with E-state index in [4.69, 9.17) is 9.47 Å². The first-order valence-electron chi connectivity index (χ1n) is 9.10. The van der Waals surface area contributed by atoms with Crippen LogP contribution in [-0.4, -0.2) is 57.4 Å². The van der Waals surface area contributed by atoms with Gasteiger partial charge in [-0.3, -0.25) is 0 Å². The average molecular weight is 349 g/mol. The summed E-state index contributed by atoms with van der Waals surface area (Å²) in [5, 5.41) is 5.85. The van der Waals surface area contributed by atoms with Crippen LogP contribution >= 0.6 is 0 Å². The second-order valence-electron chi connectivity index (χ2n) is 6.69. The molecule has 6 heteroatoms. The number of nitrogens with zero attached hydrogens (tertiary/aromatic N) is 1. The minimum atomic E-state index is -0.161. The summed E-state index contributed by atoms with van der Waals surface area (Å²) in [5.41, 5.74) is 1.80. The van der Waals surface area contributed by atoms with Crippen LogP contribution in [0.3, 0.4) is 0 Å². The van der Waals surface area contributed by atoms with E-state index < -0.39 is 0 Å². The fourth-order valence-electron chi connectivity index (χ4n) is 2.98. The average Bonchev–Trinajstić information content (AvgIpc) is 3.10. The number of amides is 2. The minimum absolute atomic E-state index is 0.161. The zero-order valence-electron chi connectivity index (χ0n) is 15.4. The highest BCUT2D eigenvalue weighted by molar-refractivity contribution is 5.89. The van der Waals surface area contributed by atoms with Crippen molar-refractivity contribution in [1.29, 1.82) is 0 Å². The summed E-state index contributed by atoms with van der Waals surface area (Å²) in [4.78, 5) is 14.6. The first-order valence-corrected chi connectivity index (χ1v) is 9.10. The molecular formula is C19H31N3O3. The number of hydrogen-bond donors (Lipinski definition) is 2. The Morgan fingerprint density at radius 1 is 1.28 bits per heavy atom. The van der Waals surface area contributed by atoms with Crippen molar-refractivity contribution in [1.82, 2.24) is 10.2 Å². The summed E-state index contributed by atoms with van der Waals surface area (Å²) in [6, 6.07) is 7.55. The number of ether oxygens (including phenoxy) is 2. The van der Waals surface area contributed by atoms with Crippen molar-refractivity contribution in [2.75, 3.05) is 51.8 Å². The Hall–Kier alpha value is -1.63. The van der Waals surface area contributed by atoms with E-state index >= 15 is 0 Å². The van der Waals surface area contributed by atoms with E-state index in [2.05, 4.69) is 22.5 Å². The third-order valence-corrected chi connectivity index (χ3v) is 4.27. The van der Waals surface area contributed by atoms with E-state index in [1.807, 2.05) is 24.3 Å². The first-order chi connectivity index (χ1) is 12.2. The molecule has 1 aliphatic rings. The summed E-state index contributed by atoms with van der Waals surface area (Å²) in [6.07, 6.45) is 2.60. The van der Waals surface area contributed by atoms with Crippen LogP contribution in [0.25, 0.3) is 0 Å². The van der Waals surface area contributed by atoms with Gasteiger partial charge in [0, 0.05) is 25.9 Å². The highest BCUT2D eigenvalue weighted by atomic mass is 16.5. The molecule has 2 amide bonds. The van der Waals surface area contributed by atoms with Crippen LogP contribution in [0.5, 0.6) is 0 Å². The Bertz CT molecular complexity index is 518. The van der Waals surface area contributed by atoms with Gasteiger partial charge in [-0.05, 0) is 49.5 Å². The Morgan fingerprint density at radius 3 is 2.84 bits per heavy atom. The number of urea groups is 1. The lowest BCUT2D eigenvalue weighted by Gasteiger charge is -2.20. The van der Waals surface area contributed by atoms with E-state index in [1.165, 1.54) is 25.9 Å². The fourth-order valence-corrected chi connectivity index (χ4v) is 2.98. The van der Waals surface area contributed by atoms with Gasteiger partial charge in [0.25, 0.3) is 0 Å². The highest BCUT2D eigenvalue weighted by Crippen LogP contribution is 2.12. The van der Waals surface area contributed by atoms with E-state index in [0.717, 1.165) is 17.8 Å². The molecule has 1 fully saturated rings. The number of rotatable bonds is 10. The van der Waals surface area contributed by atoms with Gasteiger partial charge in [-0.25, -0.2) is 4.79 Å². The van der Waals surface area contributed by atoms with Crippen LogP contribution in [0.15, 0.2) is 24.3 Å². The van der Waals surface area contributed by atoms with Crippen molar-refractivity contribution in [3.05, 3.63) is 29.8 Å². The summed E-state index contributed by atoms with van der Waals surface area (Å²) < 4.78 is 10.5. The maximum atomic E-state index is 12.1. The summed E-state index contributed by atoms with van der Waals surface area (Å²) in [7, 11) is 1.65. The number of anilines is 1. The minimum Gasteiger partial charge on any atom is -0.382 e. The zero-order chi connectivity index (χ0) is 17.9. The predicted molar refractivity (Wildman–Crippen MR) is 99.8 cm³/mol. The van der Waals surface area contributed by atoms with Crippen molar-refractivity contribution >= 4 is 11.7 Å².